The molecule has 2 aromatic rings. The molecule has 5 nitrogen and oxygen atoms in total. The van der Waals surface area contributed by atoms with E-state index in [1.165, 1.54) is 19.3 Å². The van der Waals surface area contributed by atoms with Crippen molar-refractivity contribution < 1.29 is 0 Å². The average Bonchev–Trinajstić information content (AvgIpc) is 3.18. The summed E-state index contributed by atoms with van der Waals surface area (Å²) in [4.78, 5) is 9.46. The van der Waals surface area contributed by atoms with Crippen LogP contribution in [0.15, 0.2) is 29.3 Å². The van der Waals surface area contributed by atoms with Crippen LogP contribution in [-0.2, 0) is 13.6 Å². The van der Waals surface area contributed by atoms with Crippen LogP contribution in [0.25, 0.3) is 11.0 Å². The Balaban J connectivity index is 0.00000225. The molecule has 0 spiro atoms. The molecule has 25 heavy (non-hydrogen) atoms. The number of nitrogens with zero attached hydrogens (tertiary/aromatic N) is 3. The summed E-state index contributed by atoms with van der Waals surface area (Å²) in [5.41, 5.74) is 2.18. The number of guanidine groups is 1. The molecule has 138 valence electrons. The Morgan fingerprint density at radius 3 is 2.84 bits per heavy atom. The van der Waals surface area contributed by atoms with E-state index in [-0.39, 0.29) is 24.0 Å². The van der Waals surface area contributed by atoms with Gasteiger partial charge in [-0.2, -0.15) is 11.8 Å². The molecule has 1 heterocycles. The maximum atomic E-state index is 4.76. The zero-order valence-corrected chi connectivity index (χ0v) is 18.3. The number of aromatic nitrogens is 2. The lowest BCUT2D eigenvalue weighted by atomic mass is 10.2. The Kier molecular flexibility index (Phi) is 7.86. The first kappa shape index (κ1) is 20.4. The third-order valence-corrected chi connectivity index (χ3v) is 5.76. The van der Waals surface area contributed by atoms with Crippen molar-refractivity contribution in [3.63, 3.8) is 0 Å². The molecule has 0 amide bonds. The third kappa shape index (κ3) is 5.03. The van der Waals surface area contributed by atoms with Crippen LogP contribution in [-0.4, -0.2) is 39.6 Å². The van der Waals surface area contributed by atoms with Crippen LogP contribution >= 0.6 is 35.7 Å². The number of imidazole rings is 1. The monoisotopic (exact) mass is 473 g/mol. The Morgan fingerprint density at radius 1 is 1.36 bits per heavy atom. The summed E-state index contributed by atoms with van der Waals surface area (Å²) in [6, 6.07) is 8.75. The van der Waals surface area contributed by atoms with E-state index in [1.54, 1.807) is 0 Å². The molecule has 1 aromatic heterocycles. The van der Waals surface area contributed by atoms with Crippen LogP contribution in [0.5, 0.6) is 0 Å². The van der Waals surface area contributed by atoms with Gasteiger partial charge in [-0.25, -0.2) is 9.98 Å². The molecule has 1 aromatic carbocycles. The van der Waals surface area contributed by atoms with Crippen molar-refractivity contribution in [1.82, 2.24) is 20.2 Å². The number of hydrogen-bond donors (Lipinski definition) is 2. The Hall–Kier alpha value is -0.960. The lowest BCUT2D eigenvalue weighted by Crippen LogP contribution is -2.42. The van der Waals surface area contributed by atoms with Crippen LogP contribution < -0.4 is 10.6 Å². The summed E-state index contributed by atoms with van der Waals surface area (Å²) in [5, 5.41) is 7.74. The summed E-state index contributed by atoms with van der Waals surface area (Å²) >= 11 is 1.98. The van der Waals surface area contributed by atoms with Gasteiger partial charge in [-0.1, -0.05) is 12.1 Å². The summed E-state index contributed by atoms with van der Waals surface area (Å²) in [7, 11) is 2.06. The summed E-state index contributed by atoms with van der Waals surface area (Å²) in [5.74, 6) is 1.89. The number of benzene rings is 1. The van der Waals surface area contributed by atoms with Crippen molar-refractivity contribution in [2.75, 3.05) is 12.8 Å². The number of nitrogens with one attached hydrogen (secondary N) is 2. The highest BCUT2D eigenvalue weighted by Gasteiger charge is 2.24. The minimum Gasteiger partial charge on any atom is -0.357 e. The van der Waals surface area contributed by atoms with Crippen LogP contribution in [0.2, 0.25) is 0 Å². The molecule has 3 rings (SSSR count). The van der Waals surface area contributed by atoms with Gasteiger partial charge in [-0.15, -0.1) is 24.0 Å². The van der Waals surface area contributed by atoms with Crippen LogP contribution in [0.3, 0.4) is 0 Å². The zero-order valence-electron chi connectivity index (χ0n) is 15.2. The molecule has 0 bridgehead atoms. The molecule has 1 fully saturated rings. The van der Waals surface area contributed by atoms with Gasteiger partial charge in [-0.05, 0) is 44.6 Å². The molecule has 2 atom stereocenters. The molecule has 0 aliphatic heterocycles. The van der Waals surface area contributed by atoms with Gasteiger partial charge >= 0.3 is 0 Å². The first-order valence-corrected chi connectivity index (χ1v) is 9.98. The van der Waals surface area contributed by atoms with Crippen molar-refractivity contribution in [2.24, 2.45) is 12.0 Å². The topological polar surface area (TPSA) is 54.2 Å². The molecular weight excluding hydrogens is 445 g/mol. The highest BCUT2D eigenvalue weighted by atomic mass is 127. The fourth-order valence-electron chi connectivity index (χ4n) is 3.29. The number of aryl methyl sites for hydroxylation is 1. The molecule has 7 heteroatoms. The van der Waals surface area contributed by atoms with Gasteiger partial charge < -0.3 is 15.2 Å². The maximum Gasteiger partial charge on any atom is 0.191 e. The van der Waals surface area contributed by atoms with E-state index < -0.39 is 0 Å². The normalized spacial score (nSPS) is 20.5. The molecule has 1 aliphatic carbocycles. The summed E-state index contributed by atoms with van der Waals surface area (Å²) in [6.45, 7) is 3.55. The quantitative estimate of drug-likeness (QED) is 0.397. The SMILES string of the molecule is CCNC(=NCc1nc2ccccc2n1C)NC1CCC(SC)C1.I. The maximum absolute atomic E-state index is 4.76. The van der Waals surface area contributed by atoms with E-state index in [2.05, 4.69) is 41.5 Å². The largest absolute Gasteiger partial charge is 0.357 e. The van der Waals surface area contributed by atoms with Crippen LogP contribution in [0.4, 0.5) is 0 Å². The van der Waals surface area contributed by atoms with Gasteiger partial charge in [0.25, 0.3) is 0 Å². The van der Waals surface area contributed by atoms with Gasteiger partial charge in [-0.3, -0.25) is 0 Å². The highest BCUT2D eigenvalue weighted by molar-refractivity contribution is 14.0. The number of fused-ring (bicyclic) bond motifs is 1. The molecule has 2 N–H and O–H groups in total. The highest BCUT2D eigenvalue weighted by Crippen LogP contribution is 2.28. The number of thioether (sulfide) groups is 1. The van der Waals surface area contributed by atoms with Crippen molar-refractivity contribution >= 4 is 52.7 Å². The number of para-hydroxylation sites is 2. The first-order chi connectivity index (χ1) is 11.7. The minimum atomic E-state index is 0. The Morgan fingerprint density at radius 2 is 2.16 bits per heavy atom. The van der Waals surface area contributed by atoms with E-state index in [4.69, 9.17) is 9.98 Å². The van der Waals surface area contributed by atoms with Gasteiger partial charge in [0.1, 0.15) is 12.4 Å². The van der Waals surface area contributed by atoms with Gasteiger partial charge in [0, 0.05) is 24.9 Å². The van der Waals surface area contributed by atoms with Crippen molar-refractivity contribution in [3.05, 3.63) is 30.1 Å². The standard InChI is InChI=1S/C18H27N5S.HI/c1-4-19-18(21-13-9-10-14(11-13)24-3)20-12-17-22-15-7-5-6-8-16(15)23(17)2;/h5-8,13-14H,4,9-12H2,1-3H3,(H2,19,20,21);1H. The van der Waals surface area contributed by atoms with Crippen LogP contribution in [0, 0.1) is 0 Å². The summed E-state index contributed by atoms with van der Waals surface area (Å²) in [6.07, 6.45) is 5.95. The van der Waals surface area contributed by atoms with Crippen molar-refractivity contribution in [2.45, 2.75) is 44.0 Å². The van der Waals surface area contributed by atoms with Gasteiger partial charge in [0.2, 0.25) is 0 Å². The smallest absolute Gasteiger partial charge is 0.191 e. The van der Waals surface area contributed by atoms with E-state index >= 15 is 0 Å². The molecule has 0 saturated heterocycles. The van der Waals surface area contributed by atoms with Gasteiger partial charge in [0.05, 0.1) is 11.0 Å². The van der Waals surface area contributed by atoms with E-state index in [9.17, 15) is 0 Å². The lowest BCUT2D eigenvalue weighted by Gasteiger charge is -2.17. The van der Waals surface area contributed by atoms with E-state index in [0.29, 0.717) is 12.6 Å². The number of halogens is 1. The fourth-order valence-corrected chi connectivity index (χ4v) is 4.08. The third-order valence-electron chi connectivity index (χ3n) is 4.66. The second-order valence-corrected chi connectivity index (χ2v) is 7.42. The van der Waals surface area contributed by atoms with Gasteiger partial charge in [0.15, 0.2) is 5.96 Å². The van der Waals surface area contributed by atoms with E-state index in [1.807, 2.05) is 30.0 Å². The van der Waals surface area contributed by atoms with Crippen molar-refractivity contribution in [3.8, 4) is 0 Å². The molecular formula is C18H28IN5S. The fraction of sp³-hybridized carbons (Fsp3) is 0.556. The van der Waals surface area contributed by atoms with E-state index in [0.717, 1.165) is 34.6 Å². The van der Waals surface area contributed by atoms with Crippen LogP contribution in [0.1, 0.15) is 32.0 Å². The first-order valence-electron chi connectivity index (χ1n) is 8.69. The molecule has 2 unspecified atom stereocenters. The Bertz CT molecular complexity index is 715. The van der Waals surface area contributed by atoms with Crippen molar-refractivity contribution in [1.29, 1.82) is 0 Å². The summed E-state index contributed by atoms with van der Waals surface area (Å²) < 4.78 is 2.13. The number of hydrogen-bond acceptors (Lipinski definition) is 3. The lowest BCUT2D eigenvalue weighted by molar-refractivity contribution is 0.614. The number of rotatable bonds is 5. The predicted molar refractivity (Wildman–Crippen MR) is 119 cm³/mol. The minimum absolute atomic E-state index is 0. The molecule has 0 radical (unpaired) electrons. The second kappa shape index (κ2) is 9.66. The number of aliphatic imine (C=N–C) groups is 1. The zero-order chi connectivity index (χ0) is 16.9. The second-order valence-electron chi connectivity index (χ2n) is 6.28. The predicted octanol–water partition coefficient (Wildman–Crippen LogP) is 3.53. The average molecular weight is 473 g/mol. The molecule has 1 aliphatic rings. The Labute approximate surface area is 171 Å². The molecule has 1 saturated carbocycles.